The Morgan fingerprint density at radius 2 is 2.25 bits per heavy atom. The summed E-state index contributed by atoms with van der Waals surface area (Å²) in [4.78, 5) is 11.1. The number of amides is 1. The van der Waals surface area contributed by atoms with Gasteiger partial charge < -0.3 is 11.1 Å². The molecule has 0 aromatic rings. The summed E-state index contributed by atoms with van der Waals surface area (Å²) in [5.41, 5.74) is 5.40. The van der Waals surface area contributed by atoms with Crippen molar-refractivity contribution in [3.8, 4) is 0 Å². The molecule has 0 aromatic carbocycles. The Bertz CT molecular complexity index is 126. The molecule has 3 N–H and O–H groups in total. The third kappa shape index (κ3) is 6.16. The number of carbonyl (C=O) groups excluding carboxylic acids is 1. The first-order valence-corrected chi connectivity index (χ1v) is 4.67. The zero-order valence-corrected chi connectivity index (χ0v) is 8.10. The summed E-state index contributed by atoms with van der Waals surface area (Å²) >= 11 is 0. The lowest BCUT2D eigenvalue weighted by atomic mass is 10.1. The average Bonchev–Trinajstić information content (AvgIpc) is 2.05. The molecular weight excluding hydrogens is 152 g/mol. The lowest BCUT2D eigenvalue weighted by molar-refractivity contribution is -0.121. The molecule has 0 aliphatic rings. The van der Waals surface area contributed by atoms with Crippen molar-refractivity contribution in [2.75, 3.05) is 13.1 Å². The summed E-state index contributed by atoms with van der Waals surface area (Å²) in [5.74, 6) is 0.424. The van der Waals surface area contributed by atoms with Crippen LogP contribution >= 0.6 is 0 Å². The van der Waals surface area contributed by atoms with E-state index in [1.807, 2.05) is 6.92 Å². The van der Waals surface area contributed by atoms with Gasteiger partial charge in [-0.15, -0.1) is 0 Å². The zero-order valence-electron chi connectivity index (χ0n) is 8.10. The van der Waals surface area contributed by atoms with Gasteiger partial charge >= 0.3 is 0 Å². The normalized spacial score (nSPS) is 12.6. The fourth-order valence-corrected chi connectivity index (χ4v) is 0.877. The summed E-state index contributed by atoms with van der Waals surface area (Å²) in [5, 5.41) is 2.85. The largest absolute Gasteiger partial charge is 0.356 e. The first-order valence-electron chi connectivity index (χ1n) is 4.67. The van der Waals surface area contributed by atoms with Crippen LogP contribution in [0.1, 0.15) is 33.1 Å². The Kier molecular flexibility index (Phi) is 6.76. The van der Waals surface area contributed by atoms with E-state index in [0.29, 0.717) is 18.9 Å². The van der Waals surface area contributed by atoms with Crippen molar-refractivity contribution in [2.45, 2.75) is 33.1 Å². The molecule has 0 aliphatic carbocycles. The van der Waals surface area contributed by atoms with E-state index in [-0.39, 0.29) is 5.91 Å². The van der Waals surface area contributed by atoms with Crippen LogP contribution in [0.3, 0.4) is 0 Å². The van der Waals surface area contributed by atoms with Crippen LogP contribution in [0.15, 0.2) is 0 Å². The Morgan fingerprint density at radius 3 is 2.75 bits per heavy atom. The van der Waals surface area contributed by atoms with Gasteiger partial charge in [0.2, 0.25) is 5.91 Å². The van der Waals surface area contributed by atoms with E-state index >= 15 is 0 Å². The molecule has 0 saturated carbocycles. The highest BCUT2D eigenvalue weighted by atomic mass is 16.1. The molecule has 1 amide bonds. The Morgan fingerprint density at radius 1 is 1.58 bits per heavy atom. The van der Waals surface area contributed by atoms with Gasteiger partial charge in [0.15, 0.2) is 0 Å². The van der Waals surface area contributed by atoms with Crippen molar-refractivity contribution in [2.24, 2.45) is 11.7 Å². The van der Waals surface area contributed by atoms with Gasteiger partial charge in [-0.2, -0.15) is 0 Å². The second kappa shape index (κ2) is 7.10. The first-order chi connectivity index (χ1) is 5.70. The van der Waals surface area contributed by atoms with E-state index in [1.165, 1.54) is 0 Å². The summed E-state index contributed by atoms with van der Waals surface area (Å²) in [6.07, 6.45) is 2.73. The van der Waals surface area contributed by atoms with E-state index in [9.17, 15) is 4.79 Å². The van der Waals surface area contributed by atoms with Crippen LogP contribution in [0.4, 0.5) is 0 Å². The van der Waals surface area contributed by atoms with Crippen molar-refractivity contribution in [3.63, 3.8) is 0 Å². The zero-order chi connectivity index (χ0) is 9.40. The van der Waals surface area contributed by atoms with Crippen molar-refractivity contribution in [1.82, 2.24) is 5.32 Å². The van der Waals surface area contributed by atoms with E-state index < -0.39 is 0 Å². The molecule has 0 spiro atoms. The molecule has 72 valence electrons. The molecular formula is C9H20N2O. The molecule has 0 radical (unpaired) electrons. The minimum Gasteiger partial charge on any atom is -0.356 e. The van der Waals surface area contributed by atoms with Crippen LogP contribution in [0.25, 0.3) is 0 Å². The molecule has 0 aromatic heterocycles. The maximum Gasteiger partial charge on any atom is 0.220 e. The SMILES string of the molecule is CCCCNC(=O)CC(C)CN. The summed E-state index contributed by atoms with van der Waals surface area (Å²) < 4.78 is 0. The molecule has 0 saturated heterocycles. The van der Waals surface area contributed by atoms with Gasteiger partial charge in [0.25, 0.3) is 0 Å². The molecule has 1 atom stereocenters. The van der Waals surface area contributed by atoms with Crippen molar-refractivity contribution in [1.29, 1.82) is 0 Å². The number of unbranched alkanes of at least 4 members (excludes halogenated alkanes) is 1. The van der Waals surface area contributed by atoms with Crippen LogP contribution in [0.5, 0.6) is 0 Å². The molecule has 1 unspecified atom stereocenters. The van der Waals surface area contributed by atoms with Gasteiger partial charge in [-0.1, -0.05) is 20.3 Å². The highest BCUT2D eigenvalue weighted by Crippen LogP contribution is 1.97. The topological polar surface area (TPSA) is 55.1 Å². The molecule has 0 aliphatic heterocycles. The fraction of sp³-hybridized carbons (Fsp3) is 0.889. The highest BCUT2D eigenvalue weighted by Gasteiger charge is 2.05. The molecule has 0 fully saturated rings. The van der Waals surface area contributed by atoms with Gasteiger partial charge in [-0.3, -0.25) is 4.79 Å². The lowest BCUT2D eigenvalue weighted by Crippen LogP contribution is -2.27. The third-order valence-electron chi connectivity index (χ3n) is 1.79. The molecule has 0 bridgehead atoms. The monoisotopic (exact) mass is 172 g/mol. The van der Waals surface area contributed by atoms with E-state index in [2.05, 4.69) is 12.2 Å². The molecule has 0 rings (SSSR count). The smallest absolute Gasteiger partial charge is 0.220 e. The third-order valence-corrected chi connectivity index (χ3v) is 1.79. The van der Waals surface area contributed by atoms with Crippen molar-refractivity contribution < 1.29 is 4.79 Å². The van der Waals surface area contributed by atoms with Gasteiger partial charge in [0.1, 0.15) is 0 Å². The lowest BCUT2D eigenvalue weighted by Gasteiger charge is -2.08. The Hall–Kier alpha value is -0.570. The van der Waals surface area contributed by atoms with Crippen molar-refractivity contribution >= 4 is 5.91 Å². The van der Waals surface area contributed by atoms with E-state index in [4.69, 9.17) is 5.73 Å². The second-order valence-electron chi connectivity index (χ2n) is 3.25. The van der Waals surface area contributed by atoms with Crippen LogP contribution in [-0.2, 0) is 4.79 Å². The standard InChI is InChI=1S/C9H20N2O/c1-3-4-5-11-9(12)6-8(2)7-10/h8H,3-7,10H2,1-2H3,(H,11,12). The summed E-state index contributed by atoms with van der Waals surface area (Å²) in [6, 6.07) is 0. The maximum atomic E-state index is 11.1. The van der Waals surface area contributed by atoms with Crippen LogP contribution in [0, 0.1) is 5.92 Å². The molecule has 3 nitrogen and oxygen atoms in total. The number of hydrogen-bond donors (Lipinski definition) is 2. The molecule has 0 heterocycles. The number of nitrogens with one attached hydrogen (secondary N) is 1. The minimum atomic E-state index is 0.126. The van der Waals surface area contributed by atoms with Crippen LogP contribution < -0.4 is 11.1 Å². The number of hydrogen-bond acceptors (Lipinski definition) is 2. The Labute approximate surface area is 74.7 Å². The quantitative estimate of drug-likeness (QED) is 0.584. The van der Waals surface area contributed by atoms with Gasteiger partial charge in [-0.25, -0.2) is 0 Å². The predicted molar refractivity (Wildman–Crippen MR) is 50.8 cm³/mol. The first kappa shape index (κ1) is 11.4. The molecule has 3 heteroatoms. The van der Waals surface area contributed by atoms with Gasteiger partial charge in [-0.05, 0) is 18.9 Å². The van der Waals surface area contributed by atoms with Crippen LogP contribution in [-0.4, -0.2) is 19.0 Å². The van der Waals surface area contributed by atoms with E-state index in [0.717, 1.165) is 19.4 Å². The highest BCUT2D eigenvalue weighted by molar-refractivity contribution is 5.76. The fourth-order valence-electron chi connectivity index (χ4n) is 0.877. The summed E-state index contributed by atoms with van der Waals surface area (Å²) in [6.45, 7) is 5.47. The predicted octanol–water partition coefficient (Wildman–Crippen LogP) is 0.888. The second-order valence-corrected chi connectivity index (χ2v) is 3.25. The van der Waals surface area contributed by atoms with Crippen LogP contribution in [0.2, 0.25) is 0 Å². The Balaban J connectivity index is 3.33. The van der Waals surface area contributed by atoms with Gasteiger partial charge in [0, 0.05) is 13.0 Å². The summed E-state index contributed by atoms with van der Waals surface area (Å²) in [7, 11) is 0. The van der Waals surface area contributed by atoms with Crippen molar-refractivity contribution in [3.05, 3.63) is 0 Å². The van der Waals surface area contributed by atoms with E-state index in [1.54, 1.807) is 0 Å². The number of rotatable bonds is 6. The number of nitrogens with two attached hydrogens (primary N) is 1. The van der Waals surface area contributed by atoms with Gasteiger partial charge in [0.05, 0.1) is 0 Å². The average molecular weight is 172 g/mol. The molecule has 12 heavy (non-hydrogen) atoms. The maximum absolute atomic E-state index is 11.1. The number of carbonyl (C=O) groups is 1. The minimum absolute atomic E-state index is 0.126.